The van der Waals surface area contributed by atoms with Gasteiger partial charge in [-0.3, -0.25) is 14.4 Å². The first-order valence-electron chi connectivity index (χ1n) is 7.98. The second-order valence-corrected chi connectivity index (χ2v) is 6.00. The minimum atomic E-state index is -0.736. The lowest BCUT2D eigenvalue weighted by Gasteiger charge is -2.36. The van der Waals surface area contributed by atoms with Gasteiger partial charge in [0.15, 0.2) is 6.29 Å². The lowest BCUT2D eigenvalue weighted by atomic mass is 10.1. The molecule has 1 heterocycles. The molecule has 0 aromatic heterocycles. The lowest BCUT2D eigenvalue weighted by molar-refractivity contribution is -0.137. The van der Waals surface area contributed by atoms with Gasteiger partial charge in [-0.2, -0.15) is 0 Å². The third-order valence-electron chi connectivity index (χ3n) is 4.43. The number of piperazine rings is 1. The molecular weight excluding hydrogens is 308 g/mol. The fourth-order valence-corrected chi connectivity index (χ4v) is 2.79. The molecule has 1 atom stereocenters. The molecule has 1 aromatic carbocycles. The largest absolute Gasteiger partial charge is 0.338 e. The van der Waals surface area contributed by atoms with E-state index in [1.165, 1.54) is 4.90 Å². The van der Waals surface area contributed by atoms with Crippen molar-refractivity contribution in [1.82, 2.24) is 14.7 Å². The Hall–Kier alpha value is -2.25. The van der Waals surface area contributed by atoms with Gasteiger partial charge >= 0.3 is 0 Å². The maximum Gasteiger partial charge on any atom is 0.255 e. The number of nitrogens with two attached hydrogens (primary N) is 1. The summed E-state index contributed by atoms with van der Waals surface area (Å²) in [6, 6.07) is 5.80. The number of rotatable bonds is 5. The molecule has 7 nitrogen and oxygen atoms in total. The Morgan fingerprint density at radius 1 is 1.25 bits per heavy atom. The Morgan fingerprint density at radius 2 is 1.88 bits per heavy atom. The molecule has 1 unspecified atom stereocenters. The van der Waals surface area contributed by atoms with Gasteiger partial charge in [0, 0.05) is 45.3 Å². The van der Waals surface area contributed by atoms with Gasteiger partial charge in [-0.25, -0.2) is 0 Å². The molecule has 0 bridgehead atoms. The molecule has 1 saturated heterocycles. The molecule has 7 heteroatoms. The van der Waals surface area contributed by atoms with Crippen LogP contribution in [0, 0.1) is 0 Å². The van der Waals surface area contributed by atoms with Gasteiger partial charge in [0.05, 0.1) is 5.56 Å². The quantitative estimate of drug-likeness (QED) is 0.746. The first kappa shape index (κ1) is 18.1. The van der Waals surface area contributed by atoms with Crippen LogP contribution in [0.4, 0.5) is 0 Å². The van der Waals surface area contributed by atoms with Crippen molar-refractivity contribution in [2.75, 3.05) is 46.8 Å². The molecule has 1 fully saturated rings. The zero-order valence-corrected chi connectivity index (χ0v) is 14.1. The van der Waals surface area contributed by atoms with Crippen LogP contribution >= 0.6 is 0 Å². The highest BCUT2D eigenvalue weighted by Gasteiger charge is 2.31. The second kappa shape index (κ2) is 8.03. The predicted octanol–water partition coefficient (Wildman–Crippen LogP) is -0.328. The Morgan fingerprint density at radius 3 is 2.46 bits per heavy atom. The smallest absolute Gasteiger partial charge is 0.255 e. The fourth-order valence-electron chi connectivity index (χ4n) is 2.79. The molecule has 2 rings (SSSR count). The van der Waals surface area contributed by atoms with E-state index >= 15 is 0 Å². The second-order valence-electron chi connectivity index (χ2n) is 6.00. The standard InChI is InChI=1S/C17H24N4O3/c1-19-7-9-21(10-8-19)17(24)15(11-18)20(2)16(23)14-6-4-3-5-13(14)12-22/h3-6,12,15H,7-11,18H2,1-2H3. The maximum atomic E-state index is 12.7. The summed E-state index contributed by atoms with van der Waals surface area (Å²) in [6.45, 7) is 2.89. The molecule has 1 aliphatic rings. The summed E-state index contributed by atoms with van der Waals surface area (Å²) in [7, 11) is 3.56. The third kappa shape index (κ3) is 3.80. The Kier molecular flexibility index (Phi) is 6.05. The van der Waals surface area contributed by atoms with Crippen LogP contribution in [0.15, 0.2) is 24.3 Å². The van der Waals surface area contributed by atoms with Gasteiger partial charge in [-0.15, -0.1) is 0 Å². The van der Waals surface area contributed by atoms with Crippen molar-refractivity contribution in [2.24, 2.45) is 5.73 Å². The minimum absolute atomic E-state index is 0.0384. The molecule has 0 aliphatic carbocycles. The monoisotopic (exact) mass is 332 g/mol. The van der Waals surface area contributed by atoms with Gasteiger partial charge in [0.1, 0.15) is 6.04 Å². The third-order valence-corrected chi connectivity index (χ3v) is 4.43. The highest BCUT2D eigenvalue weighted by molar-refractivity contribution is 6.03. The number of hydrogen-bond donors (Lipinski definition) is 1. The average molecular weight is 332 g/mol. The van der Waals surface area contributed by atoms with Crippen LogP contribution in [0.5, 0.6) is 0 Å². The van der Waals surface area contributed by atoms with Crippen LogP contribution in [-0.2, 0) is 4.79 Å². The van der Waals surface area contributed by atoms with Gasteiger partial charge in [-0.1, -0.05) is 18.2 Å². The summed E-state index contributed by atoms with van der Waals surface area (Å²) in [6.07, 6.45) is 0.640. The van der Waals surface area contributed by atoms with Gasteiger partial charge < -0.3 is 20.4 Å². The summed E-state index contributed by atoms with van der Waals surface area (Å²) in [5, 5.41) is 0. The fraction of sp³-hybridized carbons (Fsp3) is 0.471. The predicted molar refractivity (Wildman–Crippen MR) is 90.8 cm³/mol. The minimum Gasteiger partial charge on any atom is -0.338 e. The van der Waals surface area contributed by atoms with E-state index in [1.807, 2.05) is 7.05 Å². The zero-order chi connectivity index (χ0) is 17.7. The number of amides is 2. The molecule has 0 spiro atoms. The van der Waals surface area contributed by atoms with E-state index in [-0.39, 0.29) is 23.9 Å². The first-order valence-corrected chi connectivity index (χ1v) is 7.98. The number of aldehydes is 1. The summed E-state index contributed by atoms with van der Waals surface area (Å²) in [5.41, 5.74) is 6.35. The zero-order valence-electron chi connectivity index (χ0n) is 14.1. The highest BCUT2D eigenvalue weighted by atomic mass is 16.2. The van der Waals surface area contributed by atoms with Crippen LogP contribution in [-0.4, -0.2) is 85.7 Å². The van der Waals surface area contributed by atoms with Crippen molar-refractivity contribution in [3.63, 3.8) is 0 Å². The van der Waals surface area contributed by atoms with Crippen molar-refractivity contribution in [3.8, 4) is 0 Å². The summed E-state index contributed by atoms with van der Waals surface area (Å²) < 4.78 is 0. The summed E-state index contributed by atoms with van der Waals surface area (Å²) >= 11 is 0. The van der Waals surface area contributed by atoms with Crippen LogP contribution < -0.4 is 5.73 Å². The van der Waals surface area contributed by atoms with Crippen molar-refractivity contribution in [3.05, 3.63) is 35.4 Å². The van der Waals surface area contributed by atoms with Crippen LogP contribution in [0.25, 0.3) is 0 Å². The van der Waals surface area contributed by atoms with Crippen molar-refractivity contribution in [1.29, 1.82) is 0 Å². The van der Waals surface area contributed by atoms with Gasteiger partial charge in [0.25, 0.3) is 5.91 Å². The van der Waals surface area contributed by atoms with E-state index in [2.05, 4.69) is 4.90 Å². The van der Waals surface area contributed by atoms with Crippen LogP contribution in [0.3, 0.4) is 0 Å². The topological polar surface area (TPSA) is 86.9 Å². The van der Waals surface area contributed by atoms with Gasteiger partial charge in [0.2, 0.25) is 5.91 Å². The van der Waals surface area contributed by atoms with E-state index in [0.29, 0.717) is 24.9 Å². The SMILES string of the molecule is CN1CCN(C(=O)C(CN)N(C)C(=O)c2ccccc2C=O)CC1. The molecule has 2 N–H and O–H groups in total. The van der Waals surface area contributed by atoms with Crippen LogP contribution in [0.1, 0.15) is 20.7 Å². The van der Waals surface area contributed by atoms with E-state index in [9.17, 15) is 14.4 Å². The van der Waals surface area contributed by atoms with E-state index in [1.54, 1.807) is 36.2 Å². The number of benzene rings is 1. The summed E-state index contributed by atoms with van der Waals surface area (Å²) in [4.78, 5) is 41.8. The van der Waals surface area contributed by atoms with Crippen molar-refractivity contribution in [2.45, 2.75) is 6.04 Å². The Bertz CT molecular complexity index is 612. The number of likely N-dealkylation sites (N-methyl/N-ethyl adjacent to an activating group) is 2. The molecule has 0 radical (unpaired) electrons. The van der Waals surface area contributed by atoms with Gasteiger partial charge in [-0.05, 0) is 13.1 Å². The molecule has 130 valence electrons. The Balaban J connectivity index is 2.15. The first-order chi connectivity index (χ1) is 11.5. The normalized spacial score (nSPS) is 16.5. The van der Waals surface area contributed by atoms with Crippen LogP contribution in [0.2, 0.25) is 0 Å². The Labute approximate surface area is 142 Å². The number of carbonyl (C=O) groups excluding carboxylic acids is 3. The highest BCUT2D eigenvalue weighted by Crippen LogP contribution is 2.13. The molecule has 1 aromatic rings. The number of nitrogens with zero attached hydrogens (tertiary/aromatic N) is 3. The molecular formula is C17H24N4O3. The average Bonchev–Trinajstić information content (AvgIpc) is 2.62. The lowest BCUT2D eigenvalue weighted by Crippen LogP contribution is -2.56. The maximum absolute atomic E-state index is 12.7. The van der Waals surface area contributed by atoms with Crippen molar-refractivity contribution < 1.29 is 14.4 Å². The molecule has 24 heavy (non-hydrogen) atoms. The van der Waals surface area contributed by atoms with E-state index < -0.39 is 6.04 Å². The van der Waals surface area contributed by atoms with Crippen molar-refractivity contribution >= 4 is 18.1 Å². The molecule has 1 aliphatic heterocycles. The van der Waals surface area contributed by atoms with E-state index in [4.69, 9.17) is 5.73 Å². The van der Waals surface area contributed by atoms with E-state index in [0.717, 1.165) is 13.1 Å². The number of hydrogen-bond acceptors (Lipinski definition) is 5. The summed E-state index contributed by atoms with van der Waals surface area (Å²) in [5.74, 6) is -0.527. The number of carbonyl (C=O) groups is 3. The molecule has 0 saturated carbocycles. The molecule has 2 amide bonds.